The Bertz CT molecular complexity index is 602. The molecule has 0 saturated carbocycles. The predicted octanol–water partition coefficient (Wildman–Crippen LogP) is 0.00570. The van der Waals surface area contributed by atoms with Gasteiger partial charge in [0, 0.05) is 12.1 Å². The molecule has 0 bridgehead atoms. The summed E-state index contributed by atoms with van der Waals surface area (Å²) in [7, 11) is 0. The van der Waals surface area contributed by atoms with Gasteiger partial charge in [-0.15, -0.1) is 0 Å². The number of hydrogen-bond donors (Lipinski definition) is 2. The lowest BCUT2D eigenvalue weighted by Crippen LogP contribution is -2.39. The van der Waals surface area contributed by atoms with Gasteiger partial charge in [-0.3, -0.25) is 14.9 Å². The molecule has 2 aliphatic rings. The zero-order valence-corrected chi connectivity index (χ0v) is 11.3. The van der Waals surface area contributed by atoms with Crippen molar-refractivity contribution in [3.05, 3.63) is 29.8 Å². The molecule has 0 aromatic heterocycles. The summed E-state index contributed by atoms with van der Waals surface area (Å²) in [5.74, 6) is 0.136. The van der Waals surface area contributed by atoms with Gasteiger partial charge in [-0.05, 0) is 6.07 Å². The summed E-state index contributed by atoms with van der Waals surface area (Å²) < 4.78 is 5.59. The first-order chi connectivity index (χ1) is 10.1. The number of amides is 4. The van der Waals surface area contributed by atoms with E-state index in [9.17, 15) is 14.4 Å². The van der Waals surface area contributed by atoms with Crippen LogP contribution in [0.4, 0.5) is 4.79 Å². The Hall–Kier alpha value is -2.57. The molecule has 4 amide bonds. The maximum absolute atomic E-state index is 12.3. The molecule has 0 aliphatic carbocycles. The molecule has 1 aromatic rings. The van der Waals surface area contributed by atoms with E-state index in [1.54, 1.807) is 4.90 Å². The summed E-state index contributed by atoms with van der Waals surface area (Å²) >= 11 is 0. The smallest absolute Gasteiger partial charge is 0.322 e. The maximum atomic E-state index is 12.3. The largest absolute Gasteiger partial charge is 0.491 e. The van der Waals surface area contributed by atoms with Crippen LogP contribution in [-0.2, 0) is 16.1 Å². The van der Waals surface area contributed by atoms with Crippen molar-refractivity contribution in [1.82, 2.24) is 15.5 Å². The van der Waals surface area contributed by atoms with E-state index in [0.717, 1.165) is 11.3 Å². The van der Waals surface area contributed by atoms with Crippen LogP contribution in [0.25, 0.3) is 0 Å². The van der Waals surface area contributed by atoms with Gasteiger partial charge in [-0.25, -0.2) is 4.79 Å². The number of imide groups is 1. The Labute approximate surface area is 121 Å². The SMILES string of the molecule is O=C1NC(=O)C(CC(=O)N2CCOc3ccccc3C2)N1. The number of fused-ring (bicyclic) bond motifs is 1. The van der Waals surface area contributed by atoms with Crippen LogP contribution < -0.4 is 15.4 Å². The highest BCUT2D eigenvalue weighted by atomic mass is 16.5. The van der Waals surface area contributed by atoms with Gasteiger partial charge in [0.25, 0.3) is 5.91 Å². The third-order valence-corrected chi connectivity index (χ3v) is 3.54. The average molecular weight is 289 g/mol. The third-order valence-electron chi connectivity index (χ3n) is 3.54. The lowest BCUT2D eigenvalue weighted by molar-refractivity contribution is -0.134. The molecule has 1 fully saturated rings. The minimum atomic E-state index is -0.788. The topological polar surface area (TPSA) is 87.7 Å². The molecule has 3 rings (SSSR count). The summed E-state index contributed by atoms with van der Waals surface area (Å²) in [6, 6.07) is 6.21. The van der Waals surface area contributed by atoms with Gasteiger partial charge in [0.2, 0.25) is 5.91 Å². The lowest BCUT2D eigenvalue weighted by atomic mass is 10.1. The summed E-state index contributed by atoms with van der Waals surface area (Å²) in [5.41, 5.74) is 0.934. The Balaban J connectivity index is 1.68. The van der Waals surface area contributed by atoms with Gasteiger partial charge < -0.3 is 15.0 Å². The number of hydrogen-bond acceptors (Lipinski definition) is 4. The highest BCUT2D eigenvalue weighted by Crippen LogP contribution is 2.22. The van der Waals surface area contributed by atoms with E-state index < -0.39 is 18.0 Å². The van der Waals surface area contributed by atoms with Crippen LogP contribution in [0.5, 0.6) is 5.75 Å². The second kappa shape index (κ2) is 5.43. The molecule has 7 nitrogen and oxygen atoms in total. The highest BCUT2D eigenvalue weighted by Gasteiger charge is 2.33. The number of ether oxygens (including phenoxy) is 1. The van der Waals surface area contributed by atoms with Crippen LogP contribution in [0.2, 0.25) is 0 Å². The van der Waals surface area contributed by atoms with Crippen molar-refractivity contribution in [2.24, 2.45) is 0 Å². The fraction of sp³-hybridized carbons (Fsp3) is 0.357. The van der Waals surface area contributed by atoms with E-state index in [1.165, 1.54) is 0 Å². The van der Waals surface area contributed by atoms with Gasteiger partial charge in [0.15, 0.2) is 0 Å². The number of carbonyl (C=O) groups excluding carboxylic acids is 3. The molecule has 2 heterocycles. The maximum Gasteiger partial charge on any atom is 0.322 e. The molecule has 21 heavy (non-hydrogen) atoms. The van der Waals surface area contributed by atoms with E-state index in [1.807, 2.05) is 24.3 Å². The molecular formula is C14H15N3O4. The minimum Gasteiger partial charge on any atom is -0.491 e. The minimum absolute atomic E-state index is 0.0419. The summed E-state index contributed by atoms with van der Waals surface area (Å²) in [5, 5.41) is 4.55. The normalized spacial score (nSPS) is 21.0. The van der Waals surface area contributed by atoms with Crippen molar-refractivity contribution in [1.29, 1.82) is 0 Å². The van der Waals surface area contributed by atoms with E-state index >= 15 is 0 Å². The first-order valence-electron chi connectivity index (χ1n) is 6.73. The zero-order chi connectivity index (χ0) is 14.8. The number of benzene rings is 1. The first kappa shape index (κ1) is 13.4. The van der Waals surface area contributed by atoms with Crippen molar-refractivity contribution < 1.29 is 19.1 Å². The Morgan fingerprint density at radius 1 is 1.33 bits per heavy atom. The second-order valence-corrected chi connectivity index (χ2v) is 4.99. The summed E-state index contributed by atoms with van der Waals surface area (Å²) in [4.78, 5) is 36.5. The standard InChI is InChI=1S/C14H15N3O4/c18-12(7-10-13(19)16-14(20)15-10)17-5-6-21-11-4-2-1-3-9(11)8-17/h1-4,10H,5-8H2,(H2,15,16,19,20). The number of para-hydroxylation sites is 1. The Morgan fingerprint density at radius 3 is 2.90 bits per heavy atom. The van der Waals surface area contributed by atoms with Crippen LogP contribution in [0.1, 0.15) is 12.0 Å². The molecule has 2 aliphatic heterocycles. The Morgan fingerprint density at radius 2 is 2.14 bits per heavy atom. The van der Waals surface area contributed by atoms with E-state index in [0.29, 0.717) is 19.7 Å². The molecule has 0 radical (unpaired) electrons. The van der Waals surface area contributed by atoms with E-state index in [-0.39, 0.29) is 12.3 Å². The molecule has 1 saturated heterocycles. The number of nitrogens with one attached hydrogen (secondary N) is 2. The van der Waals surface area contributed by atoms with Crippen molar-refractivity contribution in [3.8, 4) is 5.75 Å². The number of rotatable bonds is 2. The molecule has 1 atom stereocenters. The zero-order valence-electron chi connectivity index (χ0n) is 11.3. The van der Waals surface area contributed by atoms with Gasteiger partial charge in [0.1, 0.15) is 18.4 Å². The lowest BCUT2D eigenvalue weighted by Gasteiger charge is -2.21. The number of urea groups is 1. The average Bonchev–Trinajstić information content (AvgIpc) is 2.67. The van der Waals surface area contributed by atoms with Crippen LogP contribution in [-0.4, -0.2) is 41.9 Å². The monoisotopic (exact) mass is 289 g/mol. The third kappa shape index (κ3) is 2.81. The van der Waals surface area contributed by atoms with Crippen molar-refractivity contribution in [3.63, 3.8) is 0 Å². The highest BCUT2D eigenvalue weighted by molar-refractivity contribution is 6.05. The molecule has 7 heteroatoms. The molecule has 2 N–H and O–H groups in total. The summed E-state index contributed by atoms with van der Waals surface area (Å²) in [6.07, 6.45) is -0.0419. The van der Waals surface area contributed by atoms with Crippen LogP contribution >= 0.6 is 0 Å². The van der Waals surface area contributed by atoms with Crippen LogP contribution in [0.3, 0.4) is 0 Å². The van der Waals surface area contributed by atoms with Gasteiger partial charge in [-0.2, -0.15) is 0 Å². The first-order valence-corrected chi connectivity index (χ1v) is 6.73. The quantitative estimate of drug-likeness (QED) is 0.751. The van der Waals surface area contributed by atoms with E-state index in [2.05, 4.69) is 10.6 Å². The molecule has 1 aromatic carbocycles. The van der Waals surface area contributed by atoms with Crippen molar-refractivity contribution in [2.45, 2.75) is 19.0 Å². The van der Waals surface area contributed by atoms with E-state index in [4.69, 9.17) is 4.74 Å². The van der Waals surface area contributed by atoms with Gasteiger partial charge in [0.05, 0.1) is 13.0 Å². The molecular weight excluding hydrogens is 274 g/mol. The van der Waals surface area contributed by atoms with Crippen molar-refractivity contribution >= 4 is 17.8 Å². The summed E-state index contributed by atoms with van der Waals surface area (Å²) in [6.45, 7) is 1.30. The van der Waals surface area contributed by atoms with Gasteiger partial charge in [-0.1, -0.05) is 18.2 Å². The predicted molar refractivity (Wildman–Crippen MR) is 72.4 cm³/mol. The molecule has 1 unspecified atom stereocenters. The van der Waals surface area contributed by atoms with Crippen LogP contribution in [0.15, 0.2) is 24.3 Å². The van der Waals surface area contributed by atoms with Crippen molar-refractivity contribution in [2.75, 3.05) is 13.2 Å². The Kier molecular flexibility index (Phi) is 3.47. The fourth-order valence-electron chi connectivity index (χ4n) is 2.44. The van der Waals surface area contributed by atoms with Gasteiger partial charge >= 0.3 is 6.03 Å². The molecule has 110 valence electrons. The fourth-order valence-corrected chi connectivity index (χ4v) is 2.44. The number of nitrogens with zero attached hydrogens (tertiary/aromatic N) is 1. The van der Waals surface area contributed by atoms with Crippen LogP contribution in [0, 0.1) is 0 Å². The second-order valence-electron chi connectivity index (χ2n) is 4.99. The molecule has 0 spiro atoms. The number of carbonyl (C=O) groups is 3.